The molecule has 0 bridgehead atoms. The zero-order valence-electron chi connectivity index (χ0n) is 16.0. The fourth-order valence-electron chi connectivity index (χ4n) is 3.14. The van der Waals surface area contributed by atoms with Crippen LogP contribution < -0.4 is 10.1 Å². The first-order valence-electron chi connectivity index (χ1n) is 9.04. The van der Waals surface area contributed by atoms with Crippen molar-refractivity contribution in [3.63, 3.8) is 0 Å². The molecule has 1 aliphatic rings. The molecule has 0 aliphatic carbocycles. The van der Waals surface area contributed by atoms with Crippen molar-refractivity contribution in [3.8, 4) is 5.75 Å². The zero-order chi connectivity index (χ0) is 20.3. The van der Waals surface area contributed by atoms with Gasteiger partial charge in [-0.2, -0.15) is 0 Å². The number of benzene rings is 1. The van der Waals surface area contributed by atoms with Crippen LogP contribution in [0.5, 0.6) is 5.75 Å². The van der Waals surface area contributed by atoms with Gasteiger partial charge in [-0.1, -0.05) is 5.16 Å². The van der Waals surface area contributed by atoms with Gasteiger partial charge in [0, 0.05) is 43.4 Å². The molecule has 1 amide bonds. The van der Waals surface area contributed by atoms with E-state index in [1.807, 2.05) is 13.8 Å². The summed E-state index contributed by atoms with van der Waals surface area (Å²) in [6, 6.07) is 3.63. The molecule has 0 saturated carbocycles. The number of piperazine rings is 1. The van der Waals surface area contributed by atoms with Crippen LogP contribution >= 0.6 is 0 Å². The van der Waals surface area contributed by atoms with Crippen LogP contribution in [0.15, 0.2) is 22.7 Å². The van der Waals surface area contributed by atoms with E-state index in [-0.39, 0.29) is 30.0 Å². The monoisotopic (exact) mass is 395 g/mol. The lowest BCUT2D eigenvalue weighted by Crippen LogP contribution is -2.57. The number of aryl methyl sites for hydroxylation is 1. The normalized spacial score (nSPS) is 19.5. The van der Waals surface area contributed by atoms with E-state index in [0.717, 1.165) is 12.1 Å². The molecule has 1 aliphatic heterocycles. The Labute approximate surface area is 161 Å². The number of rotatable bonds is 5. The second-order valence-electron chi connectivity index (χ2n) is 6.90. The van der Waals surface area contributed by atoms with E-state index in [9.17, 15) is 13.6 Å². The Balaban J connectivity index is 1.61. The van der Waals surface area contributed by atoms with Crippen LogP contribution in [-0.2, 0) is 18.0 Å². The van der Waals surface area contributed by atoms with Gasteiger partial charge in [-0.25, -0.2) is 13.6 Å². The van der Waals surface area contributed by atoms with Crippen LogP contribution in [0.25, 0.3) is 0 Å². The zero-order valence-corrected chi connectivity index (χ0v) is 16.0. The van der Waals surface area contributed by atoms with Crippen LogP contribution in [0.2, 0.25) is 0 Å². The largest absolute Gasteiger partial charge is 0.487 e. The lowest BCUT2D eigenvalue weighted by molar-refractivity contribution is 0.0551. The summed E-state index contributed by atoms with van der Waals surface area (Å²) in [5.74, 6) is -1.07. The number of carbonyl (C=O) groups excluding carboxylic acids is 1. The number of nitrogens with zero attached hydrogens (tertiary/aromatic N) is 2. The average molecular weight is 395 g/mol. The van der Waals surface area contributed by atoms with E-state index in [0.29, 0.717) is 24.5 Å². The first kappa shape index (κ1) is 20.1. The molecule has 0 radical (unpaired) electrons. The number of amides is 1. The predicted molar refractivity (Wildman–Crippen MR) is 95.7 cm³/mol. The van der Waals surface area contributed by atoms with Crippen molar-refractivity contribution < 1.29 is 27.6 Å². The topological polar surface area (TPSA) is 76.8 Å². The summed E-state index contributed by atoms with van der Waals surface area (Å²) in [6.45, 7) is 6.29. The van der Waals surface area contributed by atoms with Crippen molar-refractivity contribution in [2.45, 2.75) is 46.1 Å². The van der Waals surface area contributed by atoms with Gasteiger partial charge < -0.3 is 24.2 Å². The van der Waals surface area contributed by atoms with Crippen molar-refractivity contribution in [3.05, 3.63) is 46.9 Å². The highest BCUT2D eigenvalue weighted by Gasteiger charge is 2.30. The molecular formula is C19H23F2N3O4. The van der Waals surface area contributed by atoms with E-state index >= 15 is 0 Å². The van der Waals surface area contributed by atoms with E-state index < -0.39 is 24.3 Å². The van der Waals surface area contributed by atoms with Gasteiger partial charge in [0.25, 0.3) is 0 Å². The molecule has 28 heavy (non-hydrogen) atoms. The minimum Gasteiger partial charge on any atom is -0.487 e. The Kier molecular flexibility index (Phi) is 6.13. The van der Waals surface area contributed by atoms with Crippen LogP contribution in [0.3, 0.4) is 0 Å². The van der Waals surface area contributed by atoms with E-state index in [1.165, 1.54) is 0 Å². The summed E-state index contributed by atoms with van der Waals surface area (Å²) in [7, 11) is 0. The molecule has 1 aromatic carbocycles. The number of ether oxygens (including phenoxy) is 2. The van der Waals surface area contributed by atoms with Gasteiger partial charge in [0.2, 0.25) is 0 Å². The quantitative estimate of drug-likeness (QED) is 0.838. The SMILES string of the molecule is Cc1cc(COc2cc(F)c(COC(=O)N3[C@H](C)CNC[C@@H]3C)c(F)c2)no1. The maximum Gasteiger partial charge on any atom is 0.410 e. The molecule has 1 fully saturated rings. The second-order valence-corrected chi connectivity index (χ2v) is 6.90. The number of hydrogen-bond donors (Lipinski definition) is 1. The molecule has 1 N–H and O–H groups in total. The molecule has 0 unspecified atom stereocenters. The highest BCUT2D eigenvalue weighted by molar-refractivity contribution is 5.68. The van der Waals surface area contributed by atoms with Crippen molar-refractivity contribution in [1.82, 2.24) is 15.4 Å². The maximum absolute atomic E-state index is 14.3. The van der Waals surface area contributed by atoms with Gasteiger partial charge in [0.15, 0.2) is 0 Å². The van der Waals surface area contributed by atoms with Crippen molar-refractivity contribution in [2.24, 2.45) is 0 Å². The third kappa shape index (κ3) is 4.59. The molecule has 0 spiro atoms. The van der Waals surface area contributed by atoms with Gasteiger partial charge >= 0.3 is 6.09 Å². The third-order valence-electron chi connectivity index (χ3n) is 4.56. The Morgan fingerprint density at radius 1 is 1.21 bits per heavy atom. The summed E-state index contributed by atoms with van der Waals surface area (Å²) in [4.78, 5) is 13.9. The Morgan fingerprint density at radius 3 is 2.43 bits per heavy atom. The molecule has 2 aromatic rings. The fourth-order valence-corrected chi connectivity index (χ4v) is 3.14. The molecule has 2 heterocycles. The predicted octanol–water partition coefficient (Wildman–Crippen LogP) is 3.16. The summed E-state index contributed by atoms with van der Waals surface area (Å²) < 4.78 is 44.0. The molecule has 3 rings (SSSR count). The minimum absolute atomic E-state index is 0.00933. The fraction of sp³-hybridized carbons (Fsp3) is 0.474. The third-order valence-corrected chi connectivity index (χ3v) is 4.56. The van der Waals surface area contributed by atoms with Crippen LogP contribution in [0, 0.1) is 18.6 Å². The van der Waals surface area contributed by atoms with Gasteiger partial charge in [0.1, 0.15) is 42.1 Å². The standard InChI is InChI=1S/C19H23F2N3O4/c1-11-7-22-8-12(2)24(11)19(25)27-10-16-17(20)5-15(6-18(16)21)26-9-14-4-13(3)28-23-14/h4-6,11-12,22H,7-10H2,1-3H3/t11-,12+. The van der Waals surface area contributed by atoms with Crippen LogP contribution in [0.1, 0.15) is 30.9 Å². The molecule has 1 aromatic heterocycles. The van der Waals surface area contributed by atoms with Crippen molar-refractivity contribution in [1.29, 1.82) is 0 Å². The Morgan fingerprint density at radius 2 is 1.86 bits per heavy atom. The van der Waals surface area contributed by atoms with Gasteiger partial charge in [-0.05, 0) is 20.8 Å². The maximum atomic E-state index is 14.3. The van der Waals surface area contributed by atoms with Gasteiger partial charge in [-0.15, -0.1) is 0 Å². The highest BCUT2D eigenvalue weighted by Crippen LogP contribution is 2.23. The summed E-state index contributed by atoms with van der Waals surface area (Å²) in [5.41, 5.74) is 0.184. The van der Waals surface area contributed by atoms with E-state index in [1.54, 1.807) is 17.9 Å². The van der Waals surface area contributed by atoms with Crippen molar-refractivity contribution in [2.75, 3.05) is 13.1 Å². The number of nitrogens with one attached hydrogen (secondary N) is 1. The summed E-state index contributed by atoms with van der Waals surface area (Å²) in [6.07, 6.45) is -0.595. The molecule has 7 nitrogen and oxygen atoms in total. The molecule has 2 atom stereocenters. The lowest BCUT2D eigenvalue weighted by atomic mass is 10.1. The highest BCUT2D eigenvalue weighted by atomic mass is 19.1. The lowest BCUT2D eigenvalue weighted by Gasteiger charge is -2.38. The number of carbonyl (C=O) groups is 1. The summed E-state index contributed by atoms with van der Waals surface area (Å²) in [5, 5.41) is 6.94. The first-order valence-corrected chi connectivity index (χ1v) is 9.04. The van der Waals surface area contributed by atoms with Crippen molar-refractivity contribution >= 4 is 6.09 Å². The van der Waals surface area contributed by atoms with E-state index in [4.69, 9.17) is 14.0 Å². The van der Waals surface area contributed by atoms with E-state index in [2.05, 4.69) is 10.5 Å². The summed E-state index contributed by atoms with van der Waals surface area (Å²) >= 11 is 0. The molecule has 152 valence electrons. The smallest absolute Gasteiger partial charge is 0.410 e. The average Bonchev–Trinajstić information content (AvgIpc) is 3.04. The molecular weight excluding hydrogens is 372 g/mol. The Bertz CT molecular complexity index is 809. The number of halogens is 2. The second kappa shape index (κ2) is 8.55. The number of aromatic nitrogens is 1. The first-order chi connectivity index (χ1) is 13.3. The van der Waals surface area contributed by atoms with Crippen LogP contribution in [-0.4, -0.2) is 41.3 Å². The van der Waals surface area contributed by atoms with Crippen LogP contribution in [0.4, 0.5) is 13.6 Å². The number of hydrogen-bond acceptors (Lipinski definition) is 6. The van der Waals surface area contributed by atoms with Gasteiger partial charge in [0.05, 0.1) is 5.56 Å². The molecule has 1 saturated heterocycles. The van der Waals surface area contributed by atoms with Gasteiger partial charge in [-0.3, -0.25) is 0 Å². The molecule has 9 heteroatoms. The minimum atomic E-state index is -0.847. The Hall–Kier alpha value is -2.68.